The smallest absolute Gasteiger partial charge is 0.254 e. The summed E-state index contributed by atoms with van der Waals surface area (Å²) in [4.78, 5) is 28.3. The highest BCUT2D eigenvalue weighted by molar-refractivity contribution is 7.18. The van der Waals surface area contributed by atoms with Gasteiger partial charge in [-0.1, -0.05) is 92.7 Å². The number of anilines is 1. The van der Waals surface area contributed by atoms with Gasteiger partial charge in [-0.25, -0.2) is 0 Å². The summed E-state index contributed by atoms with van der Waals surface area (Å²) in [6.45, 7) is 2.60. The van der Waals surface area contributed by atoms with Crippen molar-refractivity contribution < 1.29 is 9.59 Å². The number of hydrogen-bond donors (Lipinski definition) is 1. The zero-order valence-electron chi connectivity index (χ0n) is 22.1. The topological polar surface area (TPSA) is 75.2 Å². The van der Waals surface area contributed by atoms with E-state index in [9.17, 15) is 9.59 Å². The Morgan fingerprint density at radius 3 is 2.55 bits per heavy atom. The Kier molecular flexibility index (Phi) is 10.7. The van der Waals surface area contributed by atoms with Crippen LogP contribution in [0.4, 0.5) is 5.13 Å². The van der Waals surface area contributed by atoms with Crippen LogP contribution in [0.25, 0.3) is 10.6 Å². The van der Waals surface area contributed by atoms with Gasteiger partial charge in [-0.2, -0.15) is 0 Å². The van der Waals surface area contributed by atoms with Gasteiger partial charge in [0.1, 0.15) is 5.01 Å². The molecule has 38 heavy (non-hydrogen) atoms. The van der Waals surface area contributed by atoms with E-state index in [0.29, 0.717) is 27.3 Å². The molecular formula is C30H37ClN4O2S. The Bertz CT molecular complexity index is 1190. The molecule has 4 rings (SSSR count). The fraction of sp³-hybridized carbons (Fsp3) is 0.467. The average Bonchev–Trinajstić information content (AvgIpc) is 3.40. The van der Waals surface area contributed by atoms with Gasteiger partial charge in [0.25, 0.3) is 5.91 Å². The molecule has 1 fully saturated rings. The summed E-state index contributed by atoms with van der Waals surface area (Å²) in [5.74, 6) is -0.156. The molecule has 1 N–H and O–H groups in total. The van der Waals surface area contributed by atoms with Crippen LogP contribution in [0.3, 0.4) is 0 Å². The molecule has 1 aliphatic carbocycles. The SMILES string of the molecule is CCCCCCc1ccc(C(=O)N(CCC(=O)Nc2nnc(-c3cccc(Cl)c3)s2)C2CCCCC2)cc1. The fourth-order valence-electron chi connectivity index (χ4n) is 4.99. The lowest BCUT2D eigenvalue weighted by molar-refractivity contribution is -0.116. The highest BCUT2D eigenvalue weighted by Gasteiger charge is 2.27. The lowest BCUT2D eigenvalue weighted by Gasteiger charge is -2.34. The summed E-state index contributed by atoms with van der Waals surface area (Å²) in [5, 5.41) is 12.9. The summed E-state index contributed by atoms with van der Waals surface area (Å²) in [6.07, 6.45) is 11.6. The van der Waals surface area contributed by atoms with Gasteiger partial charge in [-0.15, -0.1) is 10.2 Å². The van der Waals surface area contributed by atoms with Gasteiger partial charge in [-0.3, -0.25) is 9.59 Å². The van der Waals surface area contributed by atoms with E-state index in [-0.39, 0.29) is 24.3 Å². The maximum atomic E-state index is 13.6. The Morgan fingerprint density at radius 1 is 1.03 bits per heavy atom. The van der Waals surface area contributed by atoms with Crippen LogP contribution in [0, 0.1) is 0 Å². The number of hydrogen-bond acceptors (Lipinski definition) is 5. The third-order valence-corrected chi connectivity index (χ3v) is 8.24. The van der Waals surface area contributed by atoms with Gasteiger partial charge < -0.3 is 10.2 Å². The molecule has 0 aliphatic heterocycles. The van der Waals surface area contributed by atoms with Crippen molar-refractivity contribution >= 4 is 39.9 Å². The Balaban J connectivity index is 1.36. The van der Waals surface area contributed by atoms with Crippen LogP contribution in [0.2, 0.25) is 5.02 Å². The van der Waals surface area contributed by atoms with E-state index in [1.54, 1.807) is 6.07 Å². The molecule has 2 amide bonds. The molecule has 0 bridgehead atoms. The van der Waals surface area contributed by atoms with E-state index in [2.05, 4.69) is 34.6 Å². The van der Waals surface area contributed by atoms with E-state index >= 15 is 0 Å². The zero-order valence-corrected chi connectivity index (χ0v) is 23.7. The van der Waals surface area contributed by atoms with E-state index in [0.717, 1.165) is 37.7 Å². The third kappa shape index (κ3) is 8.11. The van der Waals surface area contributed by atoms with Crippen LogP contribution >= 0.6 is 22.9 Å². The lowest BCUT2D eigenvalue weighted by atomic mass is 9.93. The average molecular weight is 553 g/mol. The van der Waals surface area contributed by atoms with Crippen molar-refractivity contribution in [1.29, 1.82) is 0 Å². The molecule has 0 atom stereocenters. The normalized spacial score (nSPS) is 13.8. The third-order valence-electron chi connectivity index (χ3n) is 7.12. The molecule has 1 aromatic heterocycles. The van der Waals surface area contributed by atoms with E-state index < -0.39 is 0 Å². The van der Waals surface area contributed by atoms with Crippen molar-refractivity contribution in [3.63, 3.8) is 0 Å². The minimum Gasteiger partial charge on any atom is -0.335 e. The van der Waals surface area contributed by atoms with E-state index in [4.69, 9.17) is 11.6 Å². The van der Waals surface area contributed by atoms with Gasteiger partial charge in [0, 0.05) is 35.2 Å². The number of benzene rings is 2. The molecule has 0 unspecified atom stereocenters. The summed E-state index contributed by atoms with van der Waals surface area (Å²) < 4.78 is 0. The van der Waals surface area contributed by atoms with Crippen molar-refractivity contribution in [3.8, 4) is 10.6 Å². The predicted octanol–water partition coefficient (Wildman–Crippen LogP) is 7.79. The zero-order chi connectivity index (χ0) is 26.7. The first kappa shape index (κ1) is 28.2. The Hall–Kier alpha value is -2.77. The largest absolute Gasteiger partial charge is 0.335 e. The van der Waals surface area contributed by atoms with Crippen LogP contribution in [-0.2, 0) is 11.2 Å². The molecule has 1 saturated carbocycles. The van der Waals surface area contributed by atoms with Crippen molar-refractivity contribution in [2.45, 2.75) is 83.6 Å². The minimum atomic E-state index is -0.171. The Labute approximate surface area is 234 Å². The number of aryl methyl sites for hydroxylation is 1. The molecular weight excluding hydrogens is 516 g/mol. The molecule has 6 nitrogen and oxygen atoms in total. The number of rotatable bonds is 12. The van der Waals surface area contributed by atoms with Crippen molar-refractivity contribution in [1.82, 2.24) is 15.1 Å². The van der Waals surface area contributed by atoms with Crippen LogP contribution in [0.5, 0.6) is 0 Å². The second-order valence-electron chi connectivity index (χ2n) is 10.0. The van der Waals surface area contributed by atoms with Crippen LogP contribution in [0.1, 0.15) is 87.1 Å². The first-order chi connectivity index (χ1) is 18.5. The summed E-state index contributed by atoms with van der Waals surface area (Å²) >= 11 is 7.39. The van der Waals surface area contributed by atoms with Crippen molar-refractivity contribution in [3.05, 3.63) is 64.7 Å². The van der Waals surface area contributed by atoms with Gasteiger partial charge in [0.2, 0.25) is 11.0 Å². The quantitative estimate of drug-likeness (QED) is 0.233. The summed E-state index contributed by atoms with van der Waals surface area (Å²) in [6, 6.07) is 15.6. The maximum Gasteiger partial charge on any atom is 0.254 e. The van der Waals surface area contributed by atoms with Gasteiger partial charge >= 0.3 is 0 Å². The minimum absolute atomic E-state index is 0.0152. The second kappa shape index (κ2) is 14.4. The highest BCUT2D eigenvalue weighted by atomic mass is 35.5. The predicted molar refractivity (Wildman–Crippen MR) is 156 cm³/mol. The van der Waals surface area contributed by atoms with Gasteiger partial charge in [0.15, 0.2) is 0 Å². The number of unbranched alkanes of at least 4 members (excludes halogenated alkanes) is 3. The highest BCUT2D eigenvalue weighted by Crippen LogP contribution is 2.28. The fourth-order valence-corrected chi connectivity index (χ4v) is 5.94. The number of amides is 2. The molecule has 3 aromatic rings. The molecule has 8 heteroatoms. The first-order valence-electron chi connectivity index (χ1n) is 13.8. The molecule has 0 saturated heterocycles. The molecule has 1 heterocycles. The van der Waals surface area contributed by atoms with Crippen LogP contribution in [-0.4, -0.2) is 39.5 Å². The van der Waals surface area contributed by atoms with Crippen LogP contribution < -0.4 is 5.32 Å². The van der Waals surface area contributed by atoms with Gasteiger partial charge in [0.05, 0.1) is 0 Å². The maximum absolute atomic E-state index is 13.6. The summed E-state index contributed by atoms with van der Waals surface area (Å²) in [7, 11) is 0. The number of carbonyl (C=O) groups is 2. The number of nitrogens with zero attached hydrogens (tertiary/aromatic N) is 3. The van der Waals surface area contributed by atoms with E-state index in [1.165, 1.54) is 49.0 Å². The molecule has 0 radical (unpaired) electrons. The van der Waals surface area contributed by atoms with Crippen molar-refractivity contribution in [2.24, 2.45) is 0 Å². The second-order valence-corrected chi connectivity index (χ2v) is 11.4. The lowest BCUT2D eigenvalue weighted by Crippen LogP contribution is -2.43. The van der Waals surface area contributed by atoms with Crippen molar-refractivity contribution in [2.75, 3.05) is 11.9 Å². The van der Waals surface area contributed by atoms with E-state index in [1.807, 2.05) is 35.2 Å². The molecule has 1 aliphatic rings. The monoisotopic (exact) mass is 552 g/mol. The number of nitrogens with one attached hydrogen (secondary N) is 1. The summed E-state index contributed by atoms with van der Waals surface area (Å²) in [5.41, 5.74) is 2.83. The van der Waals surface area contributed by atoms with Gasteiger partial charge in [-0.05, 0) is 55.5 Å². The molecule has 202 valence electrons. The number of carbonyl (C=O) groups excluding carboxylic acids is 2. The number of halogens is 1. The molecule has 0 spiro atoms. The standard InChI is InChI=1S/C30H37ClN4O2S/c1-2-3-4-6-10-22-15-17-23(18-16-22)29(37)35(26-13-7-5-8-14-26)20-19-27(36)32-30-34-33-28(38-30)24-11-9-12-25(31)21-24/h9,11-12,15-18,21,26H,2-8,10,13-14,19-20H2,1H3,(H,32,34,36). The molecule has 2 aromatic carbocycles. The number of aromatic nitrogens is 2. The van der Waals surface area contributed by atoms with Crippen LogP contribution in [0.15, 0.2) is 48.5 Å². The Morgan fingerprint density at radius 2 is 1.82 bits per heavy atom. The first-order valence-corrected chi connectivity index (χ1v) is 15.0.